The van der Waals surface area contributed by atoms with Crippen LogP contribution in [-0.4, -0.2) is 37.6 Å². The van der Waals surface area contributed by atoms with E-state index in [1.165, 1.54) is 71.2 Å². The third-order valence-electron chi connectivity index (χ3n) is 4.10. The molecule has 88 valence electrons. The van der Waals surface area contributed by atoms with Crippen molar-refractivity contribution >= 4 is 0 Å². The van der Waals surface area contributed by atoms with Crippen LogP contribution in [0.1, 0.15) is 45.4 Å². The van der Waals surface area contributed by atoms with Crippen LogP contribution in [0.3, 0.4) is 0 Å². The van der Waals surface area contributed by atoms with E-state index in [1.54, 1.807) is 0 Å². The fraction of sp³-hybridized carbons (Fsp3) is 1.00. The van der Waals surface area contributed by atoms with Crippen LogP contribution in [0.4, 0.5) is 0 Å². The van der Waals surface area contributed by atoms with E-state index in [-0.39, 0.29) is 0 Å². The molecule has 0 saturated carbocycles. The highest BCUT2D eigenvalue weighted by molar-refractivity contribution is 4.88. The molecule has 0 aromatic carbocycles. The molecule has 1 N–H and O–H groups in total. The molecule has 2 saturated heterocycles. The summed E-state index contributed by atoms with van der Waals surface area (Å²) in [4.78, 5) is 2.70. The molecule has 2 aliphatic heterocycles. The molecule has 1 atom stereocenters. The van der Waals surface area contributed by atoms with E-state index in [0.717, 1.165) is 0 Å². The van der Waals surface area contributed by atoms with Crippen molar-refractivity contribution in [1.29, 1.82) is 0 Å². The van der Waals surface area contributed by atoms with Gasteiger partial charge in [0.15, 0.2) is 0 Å². The maximum atomic E-state index is 3.61. The number of likely N-dealkylation sites (tertiary alicyclic amines) is 1. The largest absolute Gasteiger partial charge is 0.316 e. The Morgan fingerprint density at radius 2 is 2.00 bits per heavy atom. The van der Waals surface area contributed by atoms with Gasteiger partial charge in [0.05, 0.1) is 0 Å². The summed E-state index contributed by atoms with van der Waals surface area (Å²) in [6.07, 6.45) is 8.44. The van der Waals surface area contributed by atoms with Crippen molar-refractivity contribution in [2.24, 2.45) is 5.41 Å². The number of hydrogen-bond acceptors (Lipinski definition) is 2. The predicted octanol–water partition coefficient (Wildman–Crippen LogP) is 2.25. The monoisotopic (exact) mass is 210 g/mol. The highest BCUT2D eigenvalue weighted by atomic mass is 15.1. The molecule has 0 aliphatic carbocycles. The van der Waals surface area contributed by atoms with Gasteiger partial charge >= 0.3 is 0 Å². The van der Waals surface area contributed by atoms with Gasteiger partial charge in [0.1, 0.15) is 0 Å². The van der Waals surface area contributed by atoms with Gasteiger partial charge in [-0.2, -0.15) is 0 Å². The lowest BCUT2D eigenvalue weighted by Crippen LogP contribution is -2.47. The Morgan fingerprint density at radius 3 is 2.60 bits per heavy atom. The number of nitrogens with zero attached hydrogens (tertiary/aromatic N) is 1. The zero-order chi connectivity index (χ0) is 10.6. The smallest absolute Gasteiger partial charge is 0.00501 e. The highest BCUT2D eigenvalue weighted by Gasteiger charge is 2.33. The maximum absolute atomic E-state index is 3.61. The first kappa shape index (κ1) is 11.4. The number of rotatable bonds is 4. The molecule has 2 heterocycles. The van der Waals surface area contributed by atoms with Gasteiger partial charge in [-0.15, -0.1) is 0 Å². The first-order valence-electron chi connectivity index (χ1n) is 6.78. The van der Waals surface area contributed by atoms with E-state index in [1.807, 2.05) is 0 Å². The zero-order valence-electron chi connectivity index (χ0n) is 10.2. The van der Waals surface area contributed by atoms with Crippen LogP contribution in [0.5, 0.6) is 0 Å². The van der Waals surface area contributed by atoms with Gasteiger partial charge in [0.25, 0.3) is 0 Å². The minimum atomic E-state index is 0.608. The molecule has 1 unspecified atom stereocenters. The molecule has 0 aromatic rings. The molecular formula is C13H26N2. The summed E-state index contributed by atoms with van der Waals surface area (Å²) in [5.41, 5.74) is 0.608. The molecule has 0 bridgehead atoms. The van der Waals surface area contributed by atoms with Crippen LogP contribution in [0.25, 0.3) is 0 Å². The van der Waals surface area contributed by atoms with E-state index in [0.29, 0.717) is 5.41 Å². The topological polar surface area (TPSA) is 15.3 Å². The van der Waals surface area contributed by atoms with Crippen molar-refractivity contribution in [2.75, 3.05) is 32.7 Å². The van der Waals surface area contributed by atoms with E-state index >= 15 is 0 Å². The third kappa shape index (κ3) is 2.94. The summed E-state index contributed by atoms with van der Waals surface area (Å²) >= 11 is 0. The second-order valence-corrected chi connectivity index (χ2v) is 5.51. The molecule has 0 aromatic heterocycles. The quantitative estimate of drug-likeness (QED) is 0.765. The minimum absolute atomic E-state index is 0.608. The summed E-state index contributed by atoms with van der Waals surface area (Å²) in [7, 11) is 0. The molecule has 2 nitrogen and oxygen atoms in total. The lowest BCUT2D eigenvalue weighted by Gasteiger charge is -2.40. The number of hydrogen-bond donors (Lipinski definition) is 1. The van der Waals surface area contributed by atoms with E-state index < -0.39 is 0 Å². The standard InChI is InChI=1S/C13H26N2/c1-2-6-13(7-5-8-14-11-13)12-15-9-3-4-10-15/h14H,2-12H2,1H3. The predicted molar refractivity (Wildman–Crippen MR) is 65.1 cm³/mol. The van der Waals surface area contributed by atoms with Crippen LogP contribution < -0.4 is 5.32 Å². The Bertz CT molecular complexity index is 173. The molecule has 2 heteroatoms. The van der Waals surface area contributed by atoms with Crippen molar-refractivity contribution in [1.82, 2.24) is 10.2 Å². The van der Waals surface area contributed by atoms with Crippen molar-refractivity contribution in [2.45, 2.75) is 45.4 Å². The van der Waals surface area contributed by atoms with Gasteiger partial charge in [-0.3, -0.25) is 0 Å². The van der Waals surface area contributed by atoms with Crippen LogP contribution in [0, 0.1) is 5.41 Å². The molecule has 2 rings (SSSR count). The van der Waals surface area contributed by atoms with Crippen molar-refractivity contribution < 1.29 is 0 Å². The van der Waals surface area contributed by atoms with Crippen LogP contribution >= 0.6 is 0 Å². The summed E-state index contributed by atoms with van der Waals surface area (Å²) in [6.45, 7) is 8.90. The normalized spacial score (nSPS) is 33.4. The van der Waals surface area contributed by atoms with E-state index in [2.05, 4.69) is 17.1 Å². The molecule has 15 heavy (non-hydrogen) atoms. The maximum Gasteiger partial charge on any atom is 0.00501 e. The fourth-order valence-corrected chi connectivity index (χ4v) is 3.40. The number of piperidine rings is 1. The third-order valence-corrected chi connectivity index (χ3v) is 4.10. The Balaban J connectivity index is 1.90. The Labute approximate surface area is 94.4 Å². The van der Waals surface area contributed by atoms with Gasteiger partial charge in [-0.1, -0.05) is 13.3 Å². The van der Waals surface area contributed by atoms with E-state index in [9.17, 15) is 0 Å². The van der Waals surface area contributed by atoms with Gasteiger partial charge in [-0.05, 0) is 57.2 Å². The summed E-state index contributed by atoms with van der Waals surface area (Å²) in [6, 6.07) is 0. The molecule has 0 radical (unpaired) electrons. The van der Waals surface area contributed by atoms with Crippen LogP contribution in [0.2, 0.25) is 0 Å². The van der Waals surface area contributed by atoms with Crippen LogP contribution in [-0.2, 0) is 0 Å². The first-order chi connectivity index (χ1) is 7.35. The van der Waals surface area contributed by atoms with Gasteiger partial charge in [-0.25, -0.2) is 0 Å². The van der Waals surface area contributed by atoms with Gasteiger partial charge in [0, 0.05) is 13.1 Å². The second-order valence-electron chi connectivity index (χ2n) is 5.51. The highest BCUT2D eigenvalue weighted by Crippen LogP contribution is 2.33. The average Bonchev–Trinajstić information content (AvgIpc) is 2.72. The van der Waals surface area contributed by atoms with Crippen LogP contribution in [0.15, 0.2) is 0 Å². The van der Waals surface area contributed by atoms with Gasteiger partial charge < -0.3 is 10.2 Å². The van der Waals surface area contributed by atoms with Gasteiger partial charge in [0.2, 0.25) is 0 Å². The molecule has 2 aliphatic rings. The molecular weight excluding hydrogens is 184 g/mol. The average molecular weight is 210 g/mol. The summed E-state index contributed by atoms with van der Waals surface area (Å²) < 4.78 is 0. The lowest BCUT2D eigenvalue weighted by atomic mass is 9.76. The van der Waals surface area contributed by atoms with Crippen molar-refractivity contribution in [3.63, 3.8) is 0 Å². The zero-order valence-corrected chi connectivity index (χ0v) is 10.2. The SMILES string of the molecule is CCCC1(CN2CCCC2)CCCNC1. The van der Waals surface area contributed by atoms with Crippen molar-refractivity contribution in [3.8, 4) is 0 Å². The molecule has 0 amide bonds. The minimum Gasteiger partial charge on any atom is -0.316 e. The fourth-order valence-electron chi connectivity index (χ4n) is 3.40. The first-order valence-corrected chi connectivity index (χ1v) is 6.78. The Hall–Kier alpha value is -0.0800. The summed E-state index contributed by atoms with van der Waals surface area (Å²) in [5.74, 6) is 0. The molecule has 0 spiro atoms. The molecule has 2 fully saturated rings. The Morgan fingerprint density at radius 1 is 1.20 bits per heavy atom. The second kappa shape index (κ2) is 5.31. The Kier molecular flexibility index (Phi) is 4.04. The van der Waals surface area contributed by atoms with Crippen molar-refractivity contribution in [3.05, 3.63) is 0 Å². The summed E-state index contributed by atoms with van der Waals surface area (Å²) in [5, 5.41) is 3.61. The number of nitrogens with one attached hydrogen (secondary N) is 1. The lowest BCUT2D eigenvalue weighted by molar-refractivity contribution is 0.121. The van der Waals surface area contributed by atoms with E-state index in [4.69, 9.17) is 0 Å².